The van der Waals surface area contributed by atoms with Crippen molar-refractivity contribution in [1.82, 2.24) is 20.6 Å². The zero-order chi connectivity index (χ0) is 14.4. The Balaban J connectivity index is 1.94. The van der Waals surface area contributed by atoms with Crippen LogP contribution in [0.5, 0.6) is 0 Å². The Bertz CT molecular complexity index is 581. The lowest BCUT2D eigenvalue weighted by molar-refractivity contribution is 0.0955. The Labute approximate surface area is 117 Å². The predicted octanol–water partition coefficient (Wildman–Crippen LogP) is 0.330. The molecule has 0 saturated heterocycles. The summed E-state index contributed by atoms with van der Waals surface area (Å²) < 4.78 is 0. The number of carbonyl (C=O) groups is 1. The molecule has 0 radical (unpaired) electrons. The molecule has 1 aromatic heterocycles. The van der Waals surface area contributed by atoms with Gasteiger partial charge in [-0.15, -0.1) is 0 Å². The molecule has 0 saturated carbocycles. The van der Waals surface area contributed by atoms with E-state index in [1.54, 1.807) is 31.5 Å². The molecular formula is C14H18N4O2. The van der Waals surface area contributed by atoms with Gasteiger partial charge in [-0.25, -0.2) is 0 Å². The number of aliphatic hydroxyl groups is 1. The Kier molecular flexibility index (Phi) is 4.97. The standard InChI is InChI=1S/C14H18N4O2/c1-10(19)9-15-5-6-18-14(20)11-3-2-4-12-13(11)17-8-7-16-12/h2-4,7-8,10,15,19H,5-6,9H2,1H3,(H,18,20). The van der Waals surface area contributed by atoms with Crippen LogP contribution in [0.25, 0.3) is 11.0 Å². The number of hydrogen-bond acceptors (Lipinski definition) is 5. The number of aliphatic hydroxyl groups excluding tert-OH is 1. The molecular weight excluding hydrogens is 256 g/mol. The molecule has 0 aliphatic carbocycles. The molecule has 1 unspecified atom stereocenters. The quantitative estimate of drug-likeness (QED) is 0.661. The molecule has 1 atom stereocenters. The fraction of sp³-hybridized carbons (Fsp3) is 0.357. The minimum atomic E-state index is -0.390. The van der Waals surface area contributed by atoms with Crippen molar-refractivity contribution >= 4 is 16.9 Å². The first kappa shape index (κ1) is 14.4. The fourth-order valence-electron chi connectivity index (χ4n) is 1.85. The second-order valence-corrected chi connectivity index (χ2v) is 4.54. The van der Waals surface area contributed by atoms with E-state index in [0.717, 1.165) is 0 Å². The molecule has 0 fully saturated rings. The van der Waals surface area contributed by atoms with Crippen molar-refractivity contribution < 1.29 is 9.90 Å². The van der Waals surface area contributed by atoms with Gasteiger partial charge < -0.3 is 15.7 Å². The van der Waals surface area contributed by atoms with Gasteiger partial charge >= 0.3 is 0 Å². The number of fused-ring (bicyclic) bond motifs is 1. The van der Waals surface area contributed by atoms with Crippen LogP contribution in [0.1, 0.15) is 17.3 Å². The van der Waals surface area contributed by atoms with Crippen LogP contribution in [-0.4, -0.2) is 46.7 Å². The SMILES string of the molecule is CC(O)CNCCNC(=O)c1cccc2nccnc12. The lowest BCUT2D eigenvalue weighted by Crippen LogP contribution is -2.34. The highest BCUT2D eigenvalue weighted by atomic mass is 16.3. The van der Waals surface area contributed by atoms with E-state index in [4.69, 9.17) is 5.11 Å². The average molecular weight is 274 g/mol. The molecule has 0 spiro atoms. The second-order valence-electron chi connectivity index (χ2n) is 4.54. The number of para-hydroxylation sites is 1. The number of benzene rings is 1. The van der Waals surface area contributed by atoms with E-state index in [1.165, 1.54) is 0 Å². The van der Waals surface area contributed by atoms with E-state index >= 15 is 0 Å². The first-order valence-electron chi connectivity index (χ1n) is 6.55. The normalized spacial score (nSPS) is 12.3. The van der Waals surface area contributed by atoms with Gasteiger partial charge in [0, 0.05) is 32.0 Å². The molecule has 0 aliphatic heterocycles. The minimum Gasteiger partial charge on any atom is -0.392 e. The molecule has 1 heterocycles. The zero-order valence-corrected chi connectivity index (χ0v) is 11.3. The maximum atomic E-state index is 12.1. The van der Waals surface area contributed by atoms with Gasteiger partial charge in [-0.05, 0) is 19.1 Å². The lowest BCUT2D eigenvalue weighted by atomic mass is 10.1. The Morgan fingerprint density at radius 2 is 2.10 bits per heavy atom. The van der Waals surface area contributed by atoms with Crippen LogP contribution in [0, 0.1) is 0 Å². The number of nitrogens with zero attached hydrogens (tertiary/aromatic N) is 2. The van der Waals surface area contributed by atoms with Crippen molar-refractivity contribution in [2.45, 2.75) is 13.0 Å². The molecule has 106 valence electrons. The van der Waals surface area contributed by atoms with Gasteiger partial charge in [0.15, 0.2) is 0 Å². The minimum absolute atomic E-state index is 0.171. The molecule has 2 rings (SSSR count). The maximum absolute atomic E-state index is 12.1. The van der Waals surface area contributed by atoms with Crippen LogP contribution in [0.4, 0.5) is 0 Å². The van der Waals surface area contributed by atoms with E-state index in [0.29, 0.717) is 36.2 Å². The van der Waals surface area contributed by atoms with Gasteiger partial charge in [0.1, 0.15) is 5.52 Å². The third-order valence-electron chi connectivity index (χ3n) is 2.77. The van der Waals surface area contributed by atoms with Crippen LogP contribution in [0.3, 0.4) is 0 Å². The predicted molar refractivity (Wildman–Crippen MR) is 76.4 cm³/mol. The van der Waals surface area contributed by atoms with E-state index in [2.05, 4.69) is 20.6 Å². The average Bonchev–Trinajstić information content (AvgIpc) is 2.45. The van der Waals surface area contributed by atoms with Crippen LogP contribution >= 0.6 is 0 Å². The molecule has 6 heteroatoms. The molecule has 0 bridgehead atoms. The Morgan fingerprint density at radius 3 is 2.90 bits per heavy atom. The topological polar surface area (TPSA) is 87.1 Å². The Morgan fingerprint density at radius 1 is 1.30 bits per heavy atom. The molecule has 1 aromatic carbocycles. The molecule has 0 aliphatic rings. The third kappa shape index (κ3) is 3.72. The molecule has 6 nitrogen and oxygen atoms in total. The lowest BCUT2D eigenvalue weighted by Gasteiger charge is -2.09. The highest BCUT2D eigenvalue weighted by Gasteiger charge is 2.10. The summed E-state index contributed by atoms with van der Waals surface area (Å²) in [5, 5.41) is 14.9. The summed E-state index contributed by atoms with van der Waals surface area (Å²) in [7, 11) is 0. The summed E-state index contributed by atoms with van der Waals surface area (Å²) in [6.45, 7) is 3.31. The smallest absolute Gasteiger partial charge is 0.253 e. The van der Waals surface area contributed by atoms with Crippen molar-refractivity contribution in [2.75, 3.05) is 19.6 Å². The second kappa shape index (κ2) is 6.93. The number of carbonyl (C=O) groups excluding carboxylic acids is 1. The van der Waals surface area contributed by atoms with Gasteiger partial charge in [0.25, 0.3) is 5.91 Å². The van der Waals surface area contributed by atoms with Crippen LogP contribution < -0.4 is 10.6 Å². The van der Waals surface area contributed by atoms with Gasteiger partial charge in [-0.1, -0.05) is 6.07 Å². The molecule has 20 heavy (non-hydrogen) atoms. The largest absolute Gasteiger partial charge is 0.392 e. The molecule has 2 aromatic rings. The maximum Gasteiger partial charge on any atom is 0.253 e. The Hall–Kier alpha value is -2.05. The zero-order valence-electron chi connectivity index (χ0n) is 11.3. The monoisotopic (exact) mass is 274 g/mol. The van der Waals surface area contributed by atoms with E-state index in [9.17, 15) is 4.79 Å². The van der Waals surface area contributed by atoms with E-state index in [-0.39, 0.29) is 12.0 Å². The van der Waals surface area contributed by atoms with E-state index < -0.39 is 0 Å². The van der Waals surface area contributed by atoms with Crippen molar-refractivity contribution in [1.29, 1.82) is 0 Å². The van der Waals surface area contributed by atoms with Crippen molar-refractivity contribution in [3.8, 4) is 0 Å². The first-order valence-corrected chi connectivity index (χ1v) is 6.55. The van der Waals surface area contributed by atoms with Gasteiger partial charge in [0.05, 0.1) is 17.2 Å². The van der Waals surface area contributed by atoms with Gasteiger partial charge in [-0.2, -0.15) is 0 Å². The van der Waals surface area contributed by atoms with Crippen LogP contribution in [0.2, 0.25) is 0 Å². The van der Waals surface area contributed by atoms with Crippen molar-refractivity contribution in [3.05, 3.63) is 36.2 Å². The van der Waals surface area contributed by atoms with Gasteiger partial charge in [-0.3, -0.25) is 14.8 Å². The third-order valence-corrected chi connectivity index (χ3v) is 2.77. The van der Waals surface area contributed by atoms with Crippen molar-refractivity contribution in [2.24, 2.45) is 0 Å². The number of hydrogen-bond donors (Lipinski definition) is 3. The fourth-order valence-corrected chi connectivity index (χ4v) is 1.85. The summed E-state index contributed by atoms with van der Waals surface area (Å²) in [6.07, 6.45) is 2.78. The summed E-state index contributed by atoms with van der Waals surface area (Å²) in [6, 6.07) is 5.34. The summed E-state index contributed by atoms with van der Waals surface area (Å²) in [5.41, 5.74) is 1.82. The molecule has 1 amide bonds. The first-order chi connectivity index (χ1) is 9.68. The number of amides is 1. The summed E-state index contributed by atoms with van der Waals surface area (Å²) >= 11 is 0. The van der Waals surface area contributed by atoms with Gasteiger partial charge in [0.2, 0.25) is 0 Å². The number of aromatic nitrogens is 2. The summed E-state index contributed by atoms with van der Waals surface area (Å²) in [5.74, 6) is -0.171. The van der Waals surface area contributed by atoms with Crippen molar-refractivity contribution in [3.63, 3.8) is 0 Å². The summed E-state index contributed by atoms with van der Waals surface area (Å²) in [4.78, 5) is 20.5. The highest BCUT2D eigenvalue weighted by molar-refractivity contribution is 6.04. The van der Waals surface area contributed by atoms with Crippen LogP contribution in [0.15, 0.2) is 30.6 Å². The number of rotatable bonds is 6. The highest BCUT2D eigenvalue weighted by Crippen LogP contribution is 2.13. The van der Waals surface area contributed by atoms with Crippen LogP contribution in [-0.2, 0) is 0 Å². The van der Waals surface area contributed by atoms with E-state index in [1.807, 2.05) is 6.07 Å². The molecule has 3 N–H and O–H groups in total. The number of nitrogens with one attached hydrogen (secondary N) is 2.